The largest absolute Gasteiger partial charge is 0.473 e. The van der Waals surface area contributed by atoms with Gasteiger partial charge in [0.05, 0.1) is 12.7 Å². The Morgan fingerprint density at radius 3 is 2.79 bits per heavy atom. The number of aryl methyl sites for hydroxylation is 2. The summed E-state index contributed by atoms with van der Waals surface area (Å²) in [6.07, 6.45) is 7.49. The van der Waals surface area contributed by atoms with Crippen molar-refractivity contribution >= 4 is 6.09 Å². The topological polar surface area (TPSA) is 95.3 Å². The van der Waals surface area contributed by atoms with Gasteiger partial charge in [0.2, 0.25) is 5.88 Å². The molecule has 2 atom stereocenters. The van der Waals surface area contributed by atoms with Gasteiger partial charge in [-0.1, -0.05) is 18.6 Å². The van der Waals surface area contributed by atoms with Crippen molar-refractivity contribution in [1.82, 2.24) is 29.9 Å². The second kappa shape index (κ2) is 9.61. The lowest BCUT2D eigenvalue weighted by molar-refractivity contribution is 0.0211. The van der Waals surface area contributed by atoms with E-state index in [2.05, 4.69) is 27.2 Å². The molecule has 0 N–H and O–H groups in total. The summed E-state index contributed by atoms with van der Waals surface area (Å²) in [5, 5.41) is 8.25. The minimum Gasteiger partial charge on any atom is -0.473 e. The van der Waals surface area contributed by atoms with Crippen molar-refractivity contribution in [3.05, 3.63) is 17.6 Å². The van der Waals surface area contributed by atoms with Crippen LogP contribution in [0.5, 0.6) is 5.88 Å². The predicted molar refractivity (Wildman–Crippen MR) is 119 cm³/mol. The second-order valence-corrected chi connectivity index (χ2v) is 9.58. The highest BCUT2D eigenvalue weighted by molar-refractivity contribution is 5.67. The average Bonchev–Trinajstić information content (AvgIpc) is 3.12. The minimum atomic E-state index is -1.29. The van der Waals surface area contributed by atoms with E-state index in [-0.39, 0.29) is 19.3 Å². The van der Waals surface area contributed by atoms with Crippen LogP contribution in [0.25, 0.3) is 11.4 Å². The molecule has 2 fully saturated rings. The van der Waals surface area contributed by atoms with Gasteiger partial charge in [-0.15, -0.1) is 5.10 Å². The molecule has 1 amide bonds. The summed E-state index contributed by atoms with van der Waals surface area (Å²) in [7, 11) is 3.27. The number of halogens is 1. The van der Waals surface area contributed by atoms with Crippen LogP contribution in [0.2, 0.25) is 0 Å². The lowest BCUT2D eigenvalue weighted by Crippen LogP contribution is -2.45. The predicted octanol–water partition coefficient (Wildman–Crippen LogP) is 4.00. The molecule has 2 aromatic heterocycles. The fraction of sp³-hybridized carbons (Fsp3) is 0.696. The van der Waals surface area contributed by atoms with Gasteiger partial charge in [0.25, 0.3) is 0 Å². The molecule has 0 bridgehead atoms. The Morgan fingerprint density at radius 2 is 2.12 bits per heavy atom. The van der Waals surface area contributed by atoms with Crippen LogP contribution in [0.4, 0.5) is 9.18 Å². The van der Waals surface area contributed by atoms with Crippen molar-refractivity contribution in [2.75, 3.05) is 13.6 Å². The number of amides is 1. The lowest BCUT2D eigenvalue weighted by Gasteiger charge is -2.36. The summed E-state index contributed by atoms with van der Waals surface area (Å²) in [6.45, 7) is 4.09. The number of alkyl halides is 1. The molecule has 2 aliphatic carbocycles. The van der Waals surface area contributed by atoms with Crippen LogP contribution < -0.4 is 4.74 Å². The Kier molecular flexibility index (Phi) is 6.81. The maximum atomic E-state index is 14.3. The molecule has 2 heterocycles. The lowest BCUT2D eigenvalue weighted by atomic mass is 9.82. The van der Waals surface area contributed by atoms with Gasteiger partial charge in [-0.2, -0.15) is 0 Å². The molecule has 0 aromatic carbocycles. The third-order valence-electron chi connectivity index (χ3n) is 6.67. The molecule has 2 aliphatic rings. The molecule has 180 valence electrons. The fourth-order valence-corrected chi connectivity index (χ4v) is 4.53. The maximum absolute atomic E-state index is 14.3. The number of hydrogen-bond acceptors (Lipinski definition) is 7. The van der Waals surface area contributed by atoms with E-state index < -0.39 is 11.8 Å². The molecule has 33 heavy (non-hydrogen) atoms. The first-order valence-electron chi connectivity index (χ1n) is 11.7. The third-order valence-corrected chi connectivity index (χ3v) is 6.67. The molecular formula is C23H33FN6O3. The van der Waals surface area contributed by atoms with Crippen molar-refractivity contribution < 1.29 is 18.7 Å². The zero-order chi connectivity index (χ0) is 23.6. The Labute approximate surface area is 193 Å². The summed E-state index contributed by atoms with van der Waals surface area (Å²) in [4.78, 5) is 22.8. The minimum absolute atomic E-state index is 0.0359. The van der Waals surface area contributed by atoms with Crippen LogP contribution >= 0.6 is 0 Å². The van der Waals surface area contributed by atoms with E-state index in [9.17, 15) is 9.18 Å². The van der Waals surface area contributed by atoms with Crippen molar-refractivity contribution in [3.63, 3.8) is 0 Å². The zero-order valence-corrected chi connectivity index (χ0v) is 19.9. The van der Waals surface area contributed by atoms with Crippen molar-refractivity contribution in [1.29, 1.82) is 0 Å². The molecule has 4 rings (SSSR count). The third kappa shape index (κ3) is 5.42. The fourth-order valence-electron chi connectivity index (χ4n) is 4.53. The first-order chi connectivity index (χ1) is 15.7. The van der Waals surface area contributed by atoms with Crippen LogP contribution in [0, 0.1) is 12.8 Å². The molecule has 0 aliphatic heterocycles. The number of aromatic nitrogens is 5. The molecule has 0 saturated heterocycles. The van der Waals surface area contributed by atoms with E-state index in [4.69, 9.17) is 9.47 Å². The van der Waals surface area contributed by atoms with Crippen molar-refractivity contribution in [2.45, 2.75) is 77.2 Å². The van der Waals surface area contributed by atoms with Gasteiger partial charge in [-0.25, -0.2) is 23.8 Å². The molecule has 0 unspecified atom stereocenters. The van der Waals surface area contributed by atoms with Gasteiger partial charge >= 0.3 is 6.09 Å². The van der Waals surface area contributed by atoms with Crippen LogP contribution in [-0.4, -0.2) is 61.3 Å². The molecule has 9 nitrogen and oxygen atoms in total. The summed E-state index contributed by atoms with van der Waals surface area (Å²) in [5.74, 6) is 1.19. The van der Waals surface area contributed by atoms with Gasteiger partial charge in [0.1, 0.15) is 41.2 Å². The van der Waals surface area contributed by atoms with Gasteiger partial charge in [-0.05, 0) is 51.4 Å². The Morgan fingerprint density at radius 1 is 1.33 bits per heavy atom. The van der Waals surface area contributed by atoms with Gasteiger partial charge in [-0.3, -0.25) is 0 Å². The zero-order valence-electron chi connectivity index (χ0n) is 19.9. The second-order valence-electron chi connectivity index (χ2n) is 9.58. The Bertz CT molecular complexity index is 993. The van der Waals surface area contributed by atoms with E-state index in [0.29, 0.717) is 47.4 Å². The summed E-state index contributed by atoms with van der Waals surface area (Å²) in [6, 6.07) is 0. The maximum Gasteiger partial charge on any atom is 0.409 e. The van der Waals surface area contributed by atoms with E-state index in [0.717, 1.165) is 19.3 Å². The van der Waals surface area contributed by atoms with Crippen molar-refractivity contribution in [3.8, 4) is 17.3 Å². The normalized spacial score (nSPS) is 21.8. The molecule has 2 aromatic rings. The molecular weight excluding hydrogens is 427 g/mol. The van der Waals surface area contributed by atoms with Crippen LogP contribution in [0.15, 0.2) is 6.20 Å². The summed E-state index contributed by atoms with van der Waals surface area (Å²) >= 11 is 0. The standard InChI is InChI=1S/C23H33FN6O3/c1-15-7-5-8-17(11-15)33-21-16(2)26-18(12-25-21)20-19(30(4)28-27-20)13-32-22(31)29(3)14-23(24)9-6-10-23/h12,15,17H,5-11,13-14H2,1-4H3/t15-,17-/m0/s1. The highest BCUT2D eigenvalue weighted by Crippen LogP contribution is 2.36. The summed E-state index contributed by atoms with van der Waals surface area (Å²) < 4.78 is 27.4. The first-order valence-corrected chi connectivity index (χ1v) is 11.7. The van der Waals surface area contributed by atoms with E-state index in [1.54, 1.807) is 20.3 Å². The number of carbonyl (C=O) groups is 1. The van der Waals surface area contributed by atoms with E-state index in [1.807, 2.05) is 6.92 Å². The SMILES string of the molecule is Cc1nc(-c2nnn(C)c2COC(=O)N(C)CC2(F)CCC2)cnc1O[C@H]1CCC[C@H](C)C1. The molecule has 2 saturated carbocycles. The highest BCUT2D eigenvalue weighted by Gasteiger charge is 2.39. The van der Waals surface area contributed by atoms with Crippen LogP contribution in [0.1, 0.15) is 63.3 Å². The quantitative estimate of drug-likeness (QED) is 0.616. The molecule has 10 heteroatoms. The number of ether oxygens (including phenoxy) is 2. The molecule has 0 radical (unpaired) electrons. The molecule has 0 spiro atoms. The Balaban J connectivity index is 1.41. The van der Waals surface area contributed by atoms with E-state index >= 15 is 0 Å². The van der Waals surface area contributed by atoms with E-state index in [1.165, 1.54) is 22.4 Å². The first kappa shape index (κ1) is 23.4. The van der Waals surface area contributed by atoms with Crippen molar-refractivity contribution in [2.24, 2.45) is 13.0 Å². The number of nitrogens with zero attached hydrogens (tertiary/aromatic N) is 6. The summed E-state index contributed by atoms with van der Waals surface area (Å²) in [5.41, 5.74) is 0.982. The van der Waals surface area contributed by atoms with Crippen LogP contribution in [0.3, 0.4) is 0 Å². The van der Waals surface area contributed by atoms with Gasteiger partial charge in [0.15, 0.2) is 0 Å². The smallest absolute Gasteiger partial charge is 0.409 e. The monoisotopic (exact) mass is 460 g/mol. The number of rotatable bonds is 7. The number of carbonyl (C=O) groups excluding carboxylic acids is 1. The highest BCUT2D eigenvalue weighted by atomic mass is 19.1. The van der Waals surface area contributed by atoms with Gasteiger partial charge < -0.3 is 14.4 Å². The van der Waals surface area contributed by atoms with Gasteiger partial charge in [0, 0.05) is 14.1 Å². The van der Waals surface area contributed by atoms with Crippen LogP contribution in [-0.2, 0) is 18.4 Å². The number of hydrogen-bond donors (Lipinski definition) is 0. The Hall–Kier alpha value is -2.78. The average molecular weight is 461 g/mol.